The lowest BCUT2D eigenvalue weighted by molar-refractivity contribution is -0.137. The van der Waals surface area contributed by atoms with Gasteiger partial charge in [0.15, 0.2) is 0 Å². The Hall–Kier alpha value is -3.60. The molecule has 0 atom stereocenters. The predicted molar refractivity (Wildman–Crippen MR) is 152 cm³/mol. The van der Waals surface area contributed by atoms with E-state index in [2.05, 4.69) is 4.90 Å². The molecule has 5 rings (SSSR count). The summed E-state index contributed by atoms with van der Waals surface area (Å²) in [4.78, 5) is 43.7. The second-order valence-corrected chi connectivity index (χ2v) is 11.2. The normalized spacial score (nSPS) is 17.5. The maximum atomic E-state index is 13.1. The summed E-state index contributed by atoms with van der Waals surface area (Å²) in [6.07, 6.45) is -2.89. The van der Waals surface area contributed by atoms with E-state index in [1.165, 1.54) is 17.7 Å². The molecular weight excluding hydrogens is 575 g/mol. The first-order valence-corrected chi connectivity index (χ1v) is 14.0. The predicted octanol–water partition coefficient (Wildman–Crippen LogP) is 6.55. The molecule has 0 unspecified atom stereocenters. The van der Waals surface area contributed by atoms with Gasteiger partial charge in [0.05, 0.1) is 17.0 Å². The summed E-state index contributed by atoms with van der Waals surface area (Å²) in [6, 6.07) is 18.9. The van der Waals surface area contributed by atoms with Gasteiger partial charge in [0.2, 0.25) is 0 Å². The molecule has 3 aromatic rings. The molecule has 0 N–H and O–H groups in total. The lowest BCUT2D eigenvalue weighted by Crippen LogP contribution is -2.48. The van der Waals surface area contributed by atoms with Crippen molar-refractivity contribution >= 4 is 46.5 Å². The van der Waals surface area contributed by atoms with E-state index in [-0.39, 0.29) is 17.4 Å². The summed E-state index contributed by atoms with van der Waals surface area (Å²) in [5.74, 6) is -0.587. The average Bonchev–Trinajstić information content (AvgIpc) is 3.22. The zero-order valence-electron chi connectivity index (χ0n) is 21.7. The lowest BCUT2D eigenvalue weighted by atomic mass is 10.1. The molecule has 0 aromatic heterocycles. The maximum Gasteiger partial charge on any atom is 0.416 e. The summed E-state index contributed by atoms with van der Waals surface area (Å²) in [5, 5.41) is 0.204. The third kappa shape index (κ3) is 7.01. The smallest absolute Gasteiger partial charge is 0.336 e. The monoisotopic (exact) mass is 599 g/mol. The van der Waals surface area contributed by atoms with E-state index in [9.17, 15) is 27.6 Å². The van der Waals surface area contributed by atoms with Crippen LogP contribution in [0, 0.1) is 0 Å². The van der Waals surface area contributed by atoms with E-state index in [0.29, 0.717) is 34.8 Å². The highest BCUT2D eigenvalue weighted by molar-refractivity contribution is 8.18. The van der Waals surface area contributed by atoms with Gasteiger partial charge in [-0.1, -0.05) is 48.0 Å². The Morgan fingerprint density at radius 3 is 2.02 bits per heavy atom. The van der Waals surface area contributed by atoms with Gasteiger partial charge in [-0.2, -0.15) is 13.2 Å². The molecule has 2 fully saturated rings. The molecule has 2 heterocycles. The van der Waals surface area contributed by atoms with Crippen molar-refractivity contribution in [2.24, 2.45) is 0 Å². The third-order valence-corrected chi connectivity index (χ3v) is 8.09. The Bertz CT molecular complexity index is 1470. The second kappa shape index (κ2) is 12.1. The van der Waals surface area contributed by atoms with Crippen LogP contribution < -0.4 is 0 Å². The van der Waals surface area contributed by atoms with Crippen molar-refractivity contribution in [2.75, 3.05) is 26.2 Å². The summed E-state index contributed by atoms with van der Waals surface area (Å²) < 4.78 is 38.4. The van der Waals surface area contributed by atoms with Crippen LogP contribution >= 0.6 is 23.4 Å². The number of hydrogen-bond acceptors (Lipinski definition) is 5. The SMILES string of the molecule is O=C(c1ccc(C=C2SC(=O)N(Cc3ccc(C(F)(F)F)cc3)C2=O)cc1)N1CCN(Cc2ccc(Cl)cc2)CC1. The van der Waals surface area contributed by atoms with Crippen molar-refractivity contribution < 1.29 is 27.6 Å². The van der Waals surface area contributed by atoms with E-state index >= 15 is 0 Å². The van der Waals surface area contributed by atoms with Crippen molar-refractivity contribution in [2.45, 2.75) is 19.3 Å². The van der Waals surface area contributed by atoms with Crippen molar-refractivity contribution in [3.63, 3.8) is 0 Å². The average molecular weight is 600 g/mol. The number of nitrogens with zero attached hydrogens (tertiary/aromatic N) is 3. The summed E-state index contributed by atoms with van der Waals surface area (Å²) in [7, 11) is 0. The van der Waals surface area contributed by atoms with Crippen LogP contribution in [0.25, 0.3) is 6.08 Å². The second-order valence-electron chi connectivity index (χ2n) is 9.78. The molecule has 6 nitrogen and oxygen atoms in total. The molecule has 0 radical (unpaired) electrons. The van der Waals surface area contributed by atoms with Crippen LogP contribution in [-0.2, 0) is 24.1 Å². The highest BCUT2D eigenvalue weighted by Gasteiger charge is 2.35. The van der Waals surface area contributed by atoms with Gasteiger partial charge in [-0.05, 0) is 70.9 Å². The molecule has 2 saturated heterocycles. The molecule has 11 heteroatoms. The van der Waals surface area contributed by atoms with Gasteiger partial charge < -0.3 is 4.90 Å². The van der Waals surface area contributed by atoms with Crippen molar-refractivity contribution in [1.29, 1.82) is 0 Å². The molecule has 3 amide bonds. The minimum absolute atomic E-state index is 0.0699. The third-order valence-electron chi connectivity index (χ3n) is 6.93. The number of halogens is 4. The number of imide groups is 1. The molecule has 0 aliphatic carbocycles. The summed E-state index contributed by atoms with van der Waals surface area (Å²) in [5.41, 5.74) is 1.96. The first kappa shape index (κ1) is 28.9. The number of rotatable bonds is 6. The molecule has 41 heavy (non-hydrogen) atoms. The van der Waals surface area contributed by atoms with Crippen molar-refractivity contribution in [3.05, 3.63) is 111 Å². The van der Waals surface area contributed by atoms with E-state index < -0.39 is 22.9 Å². The Morgan fingerprint density at radius 1 is 0.829 bits per heavy atom. The fourth-order valence-electron chi connectivity index (χ4n) is 4.63. The standard InChI is InChI=1S/C30H25ClF3N3O3S/c31-25-11-5-21(6-12-25)18-35-13-15-36(16-14-35)27(38)23-7-1-20(2-8-23)17-26-28(39)37(29(40)41-26)19-22-3-9-24(10-4-22)30(32,33)34/h1-12,17H,13-16,18-19H2. The van der Waals surface area contributed by atoms with Gasteiger partial charge in [-0.3, -0.25) is 24.2 Å². The Kier molecular flexibility index (Phi) is 8.53. The van der Waals surface area contributed by atoms with Crippen LogP contribution in [-0.4, -0.2) is 57.9 Å². The minimum atomic E-state index is -4.46. The molecule has 0 spiro atoms. The molecular formula is C30H25ClF3N3O3S. The quantitative estimate of drug-likeness (QED) is 0.301. The van der Waals surface area contributed by atoms with Gasteiger partial charge in [-0.15, -0.1) is 0 Å². The van der Waals surface area contributed by atoms with Gasteiger partial charge in [-0.25, -0.2) is 0 Å². The number of benzene rings is 3. The van der Waals surface area contributed by atoms with Crippen LogP contribution in [0.5, 0.6) is 0 Å². The Balaban J connectivity index is 1.16. The van der Waals surface area contributed by atoms with Crippen LogP contribution in [0.4, 0.5) is 18.0 Å². The molecule has 0 saturated carbocycles. The van der Waals surface area contributed by atoms with E-state index in [4.69, 9.17) is 11.6 Å². The fourth-order valence-corrected chi connectivity index (χ4v) is 5.60. The zero-order valence-corrected chi connectivity index (χ0v) is 23.3. The zero-order chi connectivity index (χ0) is 29.1. The van der Waals surface area contributed by atoms with Gasteiger partial charge >= 0.3 is 6.18 Å². The molecule has 0 bridgehead atoms. The van der Waals surface area contributed by atoms with Crippen LogP contribution in [0.3, 0.4) is 0 Å². The Labute approximate surface area is 244 Å². The molecule has 212 valence electrons. The van der Waals surface area contributed by atoms with Crippen LogP contribution in [0.1, 0.15) is 32.6 Å². The fraction of sp³-hybridized carbons (Fsp3) is 0.233. The molecule has 2 aliphatic rings. The highest BCUT2D eigenvalue weighted by Crippen LogP contribution is 2.34. The van der Waals surface area contributed by atoms with Crippen molar-refractivity contribution in [3.8, 4) is 0 Å². The maximum absolute atomic E-state index is 13.1. The van der Waals surface area contributed by atoms with Crippen molar-refractivity contribution in [1.82, 2.24) is 14.7 Å². The van der Waals surface area contributed by atoms with Crippen LogP contribution in [0.15, 0.2) is 77.7 Å². The number of thioether (sulfide) groups is 1. The van der Waals surface area contributed by atoms with Gasteiger partial charge in [0.1, 0.15) is 0 Å². The highest BCUT2D eigenvalue weighted by atomic mass is 35.5. The molecule has 2 aliphatic heterocycles. The van der Waals surface area contributed by atoms with Gasteiger partial charge in [0, 0.05) is 43.3 Å². The topological polar surface area (TPSA) is 60.9 Å². The number of amides is 3. The lowest BCUT2D eigenvalue weighted by Gasteiger charge is -2.34. The molecule has 3 aromatic carbocycles. The number of alkyl halides is 3. The summed E-state index contributed by atoms with van der Waals surface area (Å²) in [6.45, 7) is 3.41. The van der Waals surface area contributed by atoms with Gasteiger partial charge in [0.25, 0.3) is 17.1 Å². The summed E-state index contributed by atoms with van der Waals surface area (Å²) >= 11 is 6.73. The number of carbonyl (C=O) groups is 3. The Morgan fingerprint density at radius 2 is 1.41 bits per heavy atom. The first-order valence-electron chi connectivity index (χ1n) is 12.8. The van der Waals surface area contributed by atoms with E-state index in [0.717, 1.165) is 48.4 Å². The number of piperazine rings is 1. The largest absolute Gasteiger partial charge is 0.416 e. The first-order chi connectivity index (χ1) is 19.6. The van der Waals surface area contributed by atoms with Crippen LogP contribution in [0.2, 0.25) is 5.02 Å². The number of hydrogen-bond donors (Lipinski definition) is 0. The van der Waals surface area contributed by atoms with E-state index in [1.807, 2.05) is 29.2 Å². The minimum Gasteiger partial charge on any atom is -0.336 e. The number of carbonyl (C=O) groups excluding carboxylic acids is 3. The van der Waals surface area contributed by atoms with E-state index in [1.54, 1.807) is 30.3 Å².